The Hall–Kier alpha value is -2.56. The van der Waals surface area contributed by atoms with Crippen molar-refractivity contribution in [1.82, 2.24) is 19.3 Å². The van der Waals surface area contributed by atoms with Crippen molar-refractivity contribution in [2.45, 2.75) is 6.54 Å². The molecular formula is C19H12Cl2N4. The van der Waals surface area contributed by atoms with Crippen LogP contribution in [0.4, 0.5) is 0 Å². The summed E-state index contributed by atoms with van der Waals surface area (Å²) in [5, 5.41) is 10.3. The molecular weight excluding hydrogens is 355 g/mol. The lowest BCUT2D eigenvalue weighted by atomic mass is 10.1. The fraction of sp³-hybridized carbons (Fsp3) is 0.0526. The lowest BCUT2D eigenvalue weighted by molar-refractivity contribution is 0.816. The Bertz CT molecular complexity index is 1110. The number of aromatic nitrogens is 4. The van der Waals surface area contributed by atoms with E-state index in [1.54, 1.807) is 0 Å². The summed E-state index contributed by atoms with van der Waals surface area (Å²) in [6.07, 6.45) is 2.05. The van der Waals surface area contributed by atoms with Crippen LogP contribution in [0.3, 0.4) is 0 Å². The molecule has 3 heterocycles. The number of fused-ring (bicyclic) bond motifs is 5. The van der Waals surface area contributed by atoms with Gasteiger partial charge >= 0.3 is 0 Å². The predicted molar refractivity (Wildman–Crippen MR) is 99.3 cm³/mol. The second-order valence-electron chi connectivity index (χ2n) is 5.99. The topological polar surface area (TPSA) is 35.6 Å². The van der Waals surface area contributed by atoms with E-state index in [0.29, 0.717) is 10.0 Å². The summed E-state index contributed by atoms with van der Waals surface area (Å²) in [7, 11) is 0. The van der Waals surface area contributed by atoms with Crippen molar-refractivity contribution in [2.75, 3.05) is 0 Å². The molecule has 0 N–H and O–H groups in total. The summed E-state index contributed by atoms with van der Waals surface area (Å²) in [5.41, 5.74) is 4.08. The van der Waals surface area contributed by atoms with Gasteiger partial charge in [0.2, 0.25) is 0 Å². The van der Waals surface area contributed by atoms with Gasteiger partial charge < -0.3 is 4.57 Å². The molecule has 0 fully saturated rings. The molecule has 0 saturated carbocycles. The highest BCUT2D eigenvalue weighted by Crippen LogP contribution is 2.35. The van der Waals surface area contributed by atoms with Crippen molar-refractivity contribution in [3.05, 3.63) is 76.4 Å². The van der Waals surface area contributed by atoms with Crippen LogP contribution in [0.15, 0.2) is 60.8 Å². The van der Waals surface area contributed by atoms with Crippen molar-refractivity contribution < 1.29 is 0 Å². The van der Waals surface area contributed by atoms with Crippen LogP contribution < -0.4 is 0 Å². The van der Waals surface area contributed by atoms with Crippen molar-refractivity contribution >= 4 is 23.2 Å². The molecule has 0 bridgehead atoms. The second-order valence-corrected chi connectivity index (χ2v) is 6.86. The molecule has 25 heavy (non-hydrogen) atoms. The highest BCUT2D eigenvalue weighted by atomic mass is 35.5. The molecule has 0 amide bonds. The lowest BCUT2D eigenvalue weighted by Gasteiger charge is -2.12. The Morgan fingerprint density at radius 3 is 2.56 bits per heavy atom. The Kier molecular flexibility index (Phi) is 3.23. The quantitative estimate of drug-likeness (QED) is 0.415. The molecule has 122 valence electrons. The Balaban J connectivity index is 1.87. The molecule has 0 radical (unpaired) electrons. The van der Waals surface area contributed by atoms with E-state index in [4.69, 9.17) is 23.2 Å². The van der Waals surface area contributed by atoms with Gasteiger partial charge in [0.05, 0.1) is 11.4 Å². The van der Waals surface area contributed by atoms with Gasteiger partial charge in [-0.25, -0.2) is 0 Å². The lowest BCUT2D eigenvalue weighted by Crippen LogP contribution is -2.02. The molecule has 4 nitrogen and oxygen atoms in total. The SMILES string of the molecule is Clc1cccc(-c2nnc3n2-c2cc(Cl)ccc2Cn2cccc2-3)c1. The van der Waals surface area contributed by atoms with E-state index in [0.717, 1.165) is 40.7 Å². The predicted octanol–water partition coefficient (Wildman–Crippen LogP) is 5.07. The van der Waals surface area contributed by atoms with Gasteiger partial charge in [-0.3, -0.25) is 4.57 Å². The van der Waals surface area contributed by atoms with Crippen LogP contribution in [0.5, 0.6) is 0 Å². The number of hydrogen-bond acceptors (Lipinski definition) is 2. The molecule has 1 aliphatic heterocycles. The van der Waals surface area contributed by atoms with Crippen molar-refractivity contribution in [3.63, 3.8) is 0 Å². The fourth-order valence-corrected chi connectivity index (χ4v) is 3.67. The van der Waals surface area contributed by atoms with E-state index in [2.05, 4.69) is 37.7 Å². The van der Waals surface area contributed by atoms with Crippen LogP contribution >= 0.6 is 23.2 Å². The molecule has 5 rings (SSSR count). The van der Waals surface area contributed by atoms with Gasteiger partial charge in [-0.1, -0.05) is 41.4 Å². The van der Waals surface area contributed by atoms with Crippen LogP contribution in [-0.4, -0.2) is 19.3 Å². The Morgan fingerprint density at radius 1 is 0.840 bits per heavy atom. The first-order valence-electron chi connectivity index (χ1n) is 7.86. The van der Waals surface area contributed by atoms with E-state index < -0.39 is 0 Å². The summed E-state index contributed by atoms with van der Waals surface area (Å²) in [6, 6.07) is 17.6. The molecule has 6 heteroatoms. The van der Waals surface area contributed by atoms with Crippen LogP contribution in [0, 0.1) is 0 Å². The molecule has 0 atom stereocenters. The fourth-order valence-electron chi connectivity index (χ4n) is 3.31. The molecule has 4 aromatic rings. The van der Waals surface area contributed by atoms with Crippen LogP contribution in [0.2, 0.25) is 10.0 Å². The number of nitrogens with zero attached hydrogens (tertiary/aromatic N) is 4. The summed E-state index contributed by atoms with van der Waals surface area (Å²) < 4.78 is 4.23. The van der Waals surface area contributed by atoms with Crippen molar-refractivity contribution in [1.29, 1.82) is 0 Å². The van der Waals surface area contributed by atoms with E-state index in [1.165, 1.54) is 0 Å². The maximum absolute atomic E-state index is 6.29. The van der Waals surface area contributed by atoms with Crippen LogP contribution in [-0.2, 0) is 6.54 Å². The first-order valence-corrected chi connectivity index (χ1v) is 8.62. The highest BCUT2D eigenvalue weighted by molar-refractivity contribution is 6.31. The number of hydrogen-bond donors (Lipinski definition) is 0. The second kappa shape index (κ2) is 5.48. The Labute approximate surface area is 154 Å². The van der Waals surface area contributed by atoms with Gasteiger partial charge in [0.25, 0.3) is 0 Å². The maximum Gasteiger partial charge on any atom is 0.185 e. The summed E-state index contributed by atoms with van der Waals surface area (Å²) >= 11 is 12.5. The average Bonchev–Trinajstić information content (AvgIpc) is 3.20. The molecule has 2 aromatic carbocycles. The molecule has 1 aliphatic rings. The van der Waals surface area contributed by atoms with E-state index in [9.17, 15) is 0 Å². The smallest absolute Gasteiger partial charge is 0.185 e. The minimum absolute atomic E-state index is 0.665. The normalized spacial score (nSPS) is 12.2. The third-order valence-electron chi connectivity index (χ3n) is 4.43. The standard InChI is InChI=1S/C19H12Cl2N4/c20-14-4-1-3-12(9-14)18-22-23-19-16-5-2-8-24(16)11-13-6-7-15(21)10-17(13)25(18)19/h1-10H,11H2. The third kappa shape index (κ3) is 2.29. The van der Waals surface area contributed by atoms with E-state index in [-0.39, 0.29) is 0 Å². The molecule has 0 aliphatic carbocycles. The van der Waals surface area contributed by atoms with Crippen molar-refractivity contribution in [3.8, 4) is 28.6 Å². The first-order chi connectivity index (χ1) is 12.2. The summed E-state index contributed by atoms with van der Waals surface area (Å²) in [4.78, 5) is 0. The van der Waals surface area contributed by atoms with Crippen LogP contribution in [0.1, 0.15) is 5.56 Å². The van der Waals surface area contributed by atoms with Gasteiger partial charge in [0.1, 0.15) is 0 Å². The maximum atomic E-state index is 6.29. The third-order valence-corrected chi connectivity index (χ3v) is 4.90. The van der Waals surface area contributed by atoms with E-state index in [1.807, 2.05) is 42.5 Å². The van der Waals surface area contributed by atoms with Gasteiger partial charge in [0, 0.05) is 28.4 Å². The first kappa shape index (κ1) is 14.8. The number of benzene rings is 2. The Morgan fingerprint density at radius 2 is 1.68 bits per heavy atom. The zero-order valence-electron chi connectivity index (χ0n) is 13.0. The largest absolute Gasteiger partial charge is 0.340 e. The van der Waals surface area contributed by atoms with Gasteiger partial charge in [-0.05, 0) is 42.0 Å². The van der Waals surface area contributed by atoms with Gasteiger partial charge in [0.15, 0.2) is 11.6 Å². The summed E-state index contributed by atoms with van der Waals surface area (Å²) in [6.45, 7) is 0.757. The monoisotopic (exact) mass is 366 g/mol. The van der Waals surface area contributed by atoms with Gasteiger partial charge in [-0.2, -0.15) is 0 Å². The highest BCUT2D eigenvalue weighted by Gasteiger charge is 2.24. The average molecular weight is 367 g/mol. The van der Waals surface area contributed by atoms with Crippen molar-refractivity contribution in [2.24, 2.45) is 0 Å². The van der Waals surface area contributed by atoms with Crippen LogP contribution in [0.25, 0.3) is 28.6 Å². The number of rotatable bonds is 1. The zero-order valence-corrected chi connectivity index (χ0v) is 14.5. The molecule has 0 spiro atoms. The molecule has 0 saturated heterocycles. The van der Waals surface area contributed by atoms with E-state index >= 15 is 0 Å². The molecule has 2 aromatic heterocycles. The minimum atomic E-state index is 0.665. The van der Waals surface area contributed by atoms with Gasteiger partial charge in [-0.15, -0.1) is 10.2 Å². The summed E-state index contributed by atoms with van der Waals surface area (Å²) in [5.74, 6) is 1.54. The minimum Gasteiger partial charge on any atom is -0.340 e. The molecule has 0 unspecified atom stereocenters. The zero-order chi connectivity index (χ0) is 17.0. The number of halogens is 2.